The smallest absolute Gasteiger partial charge is 0.295 e. The van der Waals surface area contributed by atoms with Gasteiger partial charge in [0.1, 0.15) is 0 Å². The molecule has 0 saturated carbocycles. The minimum atomic E-state index is 0. The van der Waals surface area contributed by atoms with Crippen LogP contribution in [0.5, 0.6) is 0 Å². The summed E-state index contributed by atoms with van der Waals surface area (Å²) in [5.41, 5.74) is 8.67. The van der Waals surface area contributed by atoms with E-state index in [1.54, 1.807) is 0 Å². The van der Waals surface area contributed by atoms with E-state index in [0.717, 1.165) is 44.4 Å². The van der Waals surface area contributed by atoms with Gasteiger partial charge in [0.2, 0.25) is 0 Å². The van der Waals surface area contributed by atoms with E-state index in [2.05, 4.69) is 136 Å². The SMILES string of the molecule is CC(C)(C)c1ccnc(-c2[c-]c(-c3cccc4ccc(-c5cc(C(C)(C)C)ccn5)[c-]c34)ccc2)c1.[Pt+2]. The van der Waals surface area contributed by atoms with Gasteiger partial charge in [0.25, 0.3) is 0 Å². The molecule has 3 aromatic carbocycles. The Morgan fingerprint density at radius 1 is 0.568 bits per heavy atom. The van der Waals surface area contributed by atoms with Gasteiger partial charge in [-0.2, -0.15) is 0 Å². The summed E-state index contributed by atoms with van der Waals surface area (Å²) in [7, 11) is 0. The van der Waals surface area contributed by atoms with Crippen molar-refractivity contribution in [1.29, 1.82) is 0 Å². The maximum Gasteiger partial charge on any atom is 2.00 e. The summed E-state index contributed by atoms with van der Waals surface area (Å²) < 4.78 is 0. The van der Waals surface area contributed by atoms with Crippen molar-refractivity contribution in [3.63, 3.8) is 0 Å². The van der Waals surface area contributed by atoms with Gasteiger partial charge in [0, 0.05) is 23.8 Å². The van der Waals surface area contributed by atoms with Crippen LogP contribution in [0.2, 0.25) is 0 Å². The van der Waals surface area contributed by atoms with E-state index >= 15 is 0 Å². The largest absolute Gasteiger partial charge is 2.00 e. The number of rotatable bonds is 3. The number of benzene rings is 3. The molecule has 0 bridgehead atoms. The number of nitrogens with zero attached hydrogens (tertiary/aromatic N) is 2. The predicted octanol–water partition coefficient (Wildman–Crippen LogP) is 8.82. The first-order valence-electron chi connectivity index (χ1n) is 12.5. The molecular formula is C34H32N2Pt. The summed E-state index contributed by atoms with van der Waals surface area (Å²) >= 11 is 0. The van der Waals surface area contributed by atoms with Gasteiger partial charge in [0.05, 0.1) is 0 Å². The topological polar surface area (TPSA) is 25.8 Å². The summed E-state index contributed by atoms with van der Waals surface area (Å²) in [5, 5.41) is 2.22. The van der Waals surface area contributed by atoms with Gasteiger partial charge >= 0.3 is 21.1 Å². The Labute approximate surface area is 235 Å². The first kappa shape index (κ1) is 27.0. The molecule has 0 unspecified atom stereocenters. The van der Waals surface area contributed by atoms with Gasteiger partial charge in [-0.3, -0.25) is 9.97 Å². The van der Waals surface area contributed by atoms with E-state index in [1.807, 2.05) is 12.4 Å². The van der Waals surface area contributed by atoms with Gasteiger partial charge in [-0.1, -0.05) is 94.0 Å². The Morgan fingerprint density at radius 2 is 1.11 bits per heavy atom. The Kier molecular flexibility index (Phi) is 7.54. The molecule has 2 nitrogen and oxygen atoms in total. The molecule has 0 saturated heterocycles. The van der Waals surface area contributed by atoms with Crippen molar-refractivity contribution in [3.8, 4) is 33.6 Å². The van der Waals surface area contributed by atoms with E-state index in [4.69, 9.17) is 0 Å². The van der Waals surface area contributed by atoms with Crippen molar-refractivity contribution in [3.05, 3.63) is 108 Å². The standard InChI is InChI=1S/C34H32N2.Pt/c1-33(2,3)27-15-17-35-31(21-27)25-11-7-10-24(19-25)29-12-8-9-23-13-14-26(20-30(23)29)32-22-28(16-18-36-32)34(4,5)6;/h7-18,21-22H,1-6H3;/q-2;+2. The molecule has 5 rings (SSSR count). The fourth-order valence-corrected chi connectivity index (χ4v) is 4.44. The third kappa shape index (κ3) is 5.76. The number of hydrogen-bond acceptors (Lipinski definition) is 2. The summed E-state index contributed by atoms with van der Waals surface area (Å²) in [4.78, 5) is 9.32. The van der Waals surface area contributed by atoms with Crippen LogP contribution in [0.15, 0.2) is 85.2 Å². The minimum Gasteiger partial charge on any atom is -0.295 e. The second-order valence-corrected chi connectivity index (χ2v) is 11.5. The maximum absolute atomic E-state index is 4.67. The zero-order valence-corrected chi connectivity index (χ0v) is 24.6. The summed E-state index contributed by atoms with van der Waals surface area (Å²) in [6.07, 6.45) is 3.79. The minimum absolute atomic E-state index is 0. The first-order valence-corrected chi connectivity index (χ1v) is 12.5. The molecule has 0 spiro atoms. The Hall–Kier alpha value is -3.09. The van der Waals surface area contributed by atoms with Crippen molar-refractivity contribution in [2.75, 3.05) is 0 Å². The molecule has 2 heterocycles. The molecule has 0 aliphatic heterocycles. The number of pyridine rings is 2. The molecule has 0 atom stereocenters. The molecule has 0 amide bonds. The normalized spacial score (nSPS) is 11.8. The van der Waals surface area contributed by atoms with Crippen LogP contribution in [0.4, 0.5) is 0 Å². The van der Waals surface area contributed by atoms with Crippen LogP contribution in [0.1, 0.15) is 52.7 Å². The Morgan fingerprint density at radius 3 is 1.70 bits per heavy atom. The second kappa shape index (κ2) is 10.3. The summed E-state index contributed by atoms with van der Waals surface area (Å²) in [6.45, 7) is 13.3. The van der Waals surface area contributed by atoms with Crippen molar-refractivity contribution in [1.82, 2.24) is 9.97 Å². The van der Waals surface area contributed by atoms with Crippen LogP contribution in [0, 0.1) is 12.1 Å². The van der Waals surface area contributed by atoms with Crippen LogP contribution in [0.3, 0.4) is 0 Å². The molecule has 0 radical (unpaired) electrons. The summed E-state index contributed by atoms with van der Waals surface area (Å²) in [6, 6.07) is 32.8. The van der Waals surface area contributed by atoms with Crippen LogP contribution in [0.25, 0.3) is 44.4 Å². The van der Waals surface area contributed by atoms with Crippen molar-refractivity contribution < 1.29 is 21.1 Å². The fraction of sp³-hybridized carbons (Fsp3) is 0.235. The average molecular weight is 664 g/mol. The molecule has 0 aliphatic rings. The van der Waals surface area contributed by atoms with Gasteiger partial charge in [-0.15, -0.1) is 53.4 Å². The molecule has 2 aromatic heterocycles. The van der Waals surface area contributed by atoms with E-state index in [-0.39, 0.29) is 31.9 Å². The van der Waals surface area contributed by atoms with Crippen LogP contribution in [-0.2, 0) is 31.9 Å². The van der Waals surface area contributed by atoms with Crippen molar-refractivity contribution >= 4 is 10.8 Å². The van der Waals surface area contributed by atoms with Crippen LogP contribution in [-0.4, -0.2) is 9.97 Å². The molecular weight excluding hydrogens is 631 g/mol. The van der Waals surface area contributed by atoms with Crippen LogP contribution < -0.4 is 0 Å². The van der Waals surface area contributed by atoms with E-state index in [1.165, 1.54) is 11.1 Å². The maximum atomic E-state index is 4.67. The number of aromatic nitrogens is 2. The fourth-order valence-electron chi connectivity index (χ4n) is 4.44. The molecule has 188 valence electrons. The molecule has 0 aliphatic carbocycles. The van der Waals surface area contributed by atoms with Gasteiger partial charge in [-0.25, -0.2) is 0 Å². The van der Waals surface area contributed by atoms with Crippen LogP contribution >= 0.6 is 0 Å². The third-order valence-electron chi connectivity index (χ3n) is 6.68. The monoisotopic (exact) mass is 663 g/mol. The molecule has 37 heavy (non-hydrogen) atoms. The van der Waals surface area contributed by atoms with E-state index in [0.29, 0.717) is 0 Å². The molecule has 5 aromatic rings. The van der Waals surface area contributed by atoms with Gasteiger partial charge < -0.3 is 0 Å². The Balaban J connectivity index is 0.00000320. The van der Waals surface area contributed by atoms with Gasteiger partial charge in [-0.05, 0) is 34.1 Å². The second-order valence-electron chi connectivity index (χ2n) is 11.5. The predicted molar refractivity (Wildman–Crippen MR) is 151 cm³/mol. The number of fused-ring (bicyclic) bond motifs is 1. The zero-order chi connectivity index (χ0) is 25.5. The molecule has 0 N–H and O–H groups in total. The number of hydrogen-bond donors (Lipinski definition) is 0. The molecule has 3 heteroatoms. The average Bonchev–Trinajstić information content (AvgIpc) is 2.87. The quantitative estimate of drug-likeness (QED) is 0.180. The van der Waals surface area contributed by atoms with Gasteiger partial charge in [0.15, 0.2) is 0 Å². The van der Waals surface area contributed by atoms with E-state index < -0.39 is 0 Å². The van der Waals surface area contributed by atoms with Crippen molar-refractivity contribution in [2.45, 2.75) is 52.4 Å². The van der Waals surface area contributed by atoms with E-state index in [9.17, 15) is 0 Å². The summed E-state index contributed by atoms with van der Waals surface area (Å²) in [5.74, 6) is 0. The van der Waals surface area contributed by atoms with Crippen molar-refractivity contribution in [2.24, 2.45) is 0 Å². The molecule has 0 fully saturated rings. The Bertz CT molecular complexity index is 1550. The third-order valence-corrected chi connectivity index (χ3v) is 6.68. The first-order chi connectivity index (χ1) is 17.1. The zero-order valence-electron chi connectivity index (χ0n) is 22.3.